The van der Waals surface area contributed by atoms with Gasteiger partial charge in [-0.25, -0.2) is 4.79 Å². The molecule has 0 aromatic rings. The summed E-state index contributed by atoms with van der Waals surface area (Å²) in [7, 11) is 3.46. The van der Waals surface area contributed by atoms with Crippen molar-refractivity contribution in [3.63, 3.8) is 0 Å². The fourth-order valence-electron chi connectivity index (χ4n) is 2.04. The number of halogens is 1. The summed E-state index contributed by atoms with van der Waals surface area (Å²) in [6, 6.07) is 0.202. The number of nitrogens with zero attached hydrogens (tertiary/aromatic N) is 1. The molecule has 5 heteroatoms. The number of carbonyl (C=O) groups excluding carboxylic acids is 2. The molecule has 0 radical (unpaired) electrons. The number of amides is 2. The fraction of sp³-hybridized carbons (Fsp3) is 0.818. The molecule has 4 nitrogen and oxygen atoms in total. The van der Waals surface area contributed by atoms with Gasteiger partial charge in [0, 0.05) is 26.6 Å². The molecule has 1 fully saturated rings. The molecular formula is C11H19ClN2O2. The molecule has 2 amide bonds. The molecule has 0 spiro atoms. The van der Waals surface area contributed by atoms with Gasteiger partial charge < -0.3 is 10.2 Å². The van der Waals surface area contributed by atoms with E-state index in [1.807, 2.05) is 0 Å². The van der Waals surface area contributed by atoms with Gasteiger partial charge in [0.2, 0.25) is 5.24 Å². The van der Waals surface area contributed by atoms with Crippen LogP contribution < -0.4 is 5.32 Å². The minimum absolute atomic E-state index is 0.0446. The molecule has 0 aromatic carbocycles. The van der Waals surface area contributed by atoms with E-state index in [4.69, 9.17) is 11.6 Å². The number of carbonyl (C=O) groups is 2. The number of urea groups is 1. The molecule has 1 rings (SSSR count). The quantitative estimate of drug-likeness (QED) is 0.774. The molecular weight excluding hydrogens is 228 g/mol. The van der Waals surface area contributed by atoms with Crippen LogP contribution in [0.1, 0.15) is 32.1 Å². The SMILES string of the molecule is CN(C)C(=O)NC1CCC(CC(=O)Cl)CC1. The summed E-state index contributed by atoms with van der Waals surface area (Å²) in [4.78, 5) is 23.7. The molecule has 1 saturated carbocycles. The highest BCUT2D eigenvalue weighted by atomic mass is 35.5. The van der Waals surface area contributed by atoms with Gasteiger partial charge in [-0.2, -0.15) is 0 Å². The minimum Gasteiger partial charge on any atom is -0.335 e. The van der Waals surface area contributed by atoms with Crippen molar-refractivity contribution in [2.75, 3.05) is 14.1 Å². The zero-order valence-electron chi connectivity index (χ0n) is 9.83. The first-order chi connectivity index (χ1) is 7.49. The van der Waals surface area contributed by atoms with Crippen LogP contribution in [-0.2, 0) is 4.79 Å². The third-order valence-electron chi connectivity index (χ3n) is 3.03. The zero-order valence-corrected chi connectivity index (χ0v) is 10.6. The highest BCUT2D eigenvalue weighted by molar-refractivity contribution is 6.63. The summed E-state index contributed by atoms with van der Waals surface area (Å²) >= 11 is 5.36. The van der Waals surface area contributed by atoms with E-state index in [2.05, 4.69) is 5.32 Å². The normalized spacial score (nSPS) is 24.9. The molecule has 0 bridgehead atoms. The van der Waals surface area contributed by atoms with Crippen LogP contribution in [-0.4, -0.2) is 36.3 Å². The highest BCUT2D eigenvalue weighted by Crippen LogP contribution is 2.27. The average molecular weight is 247 g/mol. The van der Waals surface area contributed by atoms with E-state index in [1.165, 1.54) is 4.90 Å². The van der Waals surface area contributed by atoms with Crippen molar-refractivity contribution in [3.8, 4) is 0 Å². The first-order valence-corrected chi connectivity index (χ1v) is 6.03. The smallest absolute Gasteiger partial charge is 0.317 e. The van der Waals surface area contributed by atoms with Crippen molar-refractivity contribution in [2.24, 2.45) is 5.92 Å². The van der Waals surface area contributed by atoms with E-state index in [1.54, 1.807) is 14.1 Å². The van der Waals surface area contributed by atoms with Crippen LogP contribution in [0.3, 0.4) is 0 Å². The Labute approximate surface area is 101 Å². The van der Waals surface area contributed by atoms with Gasteiger partial charge in [0.15, 0.2) is 0 Å². The lowest BCUT2D eigenvalue weighted by atomic mass is 9.84. The Balaban J connectivity index is 2.27. The van der Waals surface area contributed by atoms with Gasteiger partial charge in [0.1, 0.15) is 0 Å². The summed E-state index contributed by atoms with van der Waals surface area (Å²) in [5.41, 5.74) is 0. The fourth-order valence-corrected chi connectivity index (χ4v) is 2.26. The Morgan fingerprint density at radius 1 is 1.25 bits per heavy atom. The van der Waals surface area contributed by atoms with Crippen molar-refractivity contribution in [2.45, 2.75) is 38.1 Å². The Bertz CT molecular complexity index is 261. The number of hydrogen-bond acceptors (Lipinski definition) is 2. The molecule has 16 heavy (non-hydrogen) atoms. The van der Waals surface area contributed by atoms with Crippen molar-refractivity contribution in [1.29, 1.82) is 0 Å². The molecule has 1 aliphatic carbocycles. The lowest BCUT2D eigenvalue weighted by Gasteiger charge is -2.29. The van der Waals surface area contributed by atoms with Gasteiger partial charge in [-0.15, -0.1) is 0 Å². The summed E-state index contributed by atoms with van der Waals surface area (Å²) in [6.07, 6.45) is 4.28. The van der Waals surface area contributed by atoms with Gasteiger partial charge in [-0.05, 0) is 43.2 Å². The molecule has 1 N–H and O–H groups in total. The molecule has 0 saturated heterocycles. The van der Waals surface area contributed by atoms with Crippen molar-refractivity contribution >= 4 is 22.9 Å². The second kappa shape index (κ2) is 6.09. The van der Waals surface area contributed by atoms with Gasteiger partial charge in [-0.1, -0.05) is 0 Å². The first-order valence-electron chi connectivity index (χ1n) is 5.65. The number of nitrogens with one attached hydrogen (secondary N) is 1. The average Bonchev–Trinajstić information content (AvgIpc) is 2.20. The van der Waals surface area contributed by atoms with Crippen LogP contribution >= 0.6 is 11.6 Å². The van der Waals surface area contributed by atoms with Gasteiger partial charge in [0.25, 0.3) is 0 Å². The minimum atomic E-state index is -0.249. The maximum atomic E-state index is 11.4. The van der Waals surface area contributed by atoms with E-state index in [-0.39, 0.29) is 17.3 Å². The van der Waals surface area contributed by atoms with E-state index in [0.717, 1.165) is 25.7 Å². The van der Waals surface area contributed by atoms with E-state index in [0.29, 0.717) is 12.3 Å². The van der Waals surface area contributed by atoms with Crippen LogP contribution in [0.15, 0.2) is 0 Å². The summed E-state index contributed by atoms with van der Waals surface area (Å²) in [5, 5.41) is 2.71. The maximum Gasteiger partial charge on any atom is 0.317 e. The lowest BCUT2D eigenvalue weighted by Crippen LogP contribution is -2.43. The second-order valence-electron chi connectivity index (χ2n) is 4.62. The zero-order chi connectivity index (χ0) is 12.1. The first kappa shape index (κ1) is 13.3. The largest absolute Gasteiger partial charge is 0.335 e. The van der Waals surface area contributed by atoms with Gasteiger partial charge in [-0.3, -0.25) is 4.79 Å². The van der Waals surface area contributed by atoms with Crippen LogP contribution in [0.2, 0.25) is 0 Å². The Hall–Kier alpha value is -0.770. The molecule has 92 valence electrons. The molecule has 0 atom stereocenters. The molecule has 0 unspecified atom stereocenters. The summed E-state index contributed by atoms with van der Waals surface area (Å²) in [6.45, 7) is 0. The lowest BCUT2D eigenvalue weighted by molar-refractivity contribution is -0.112. The Kier molecular flexibility index (Phi) is 5.06. The van der Waals surface area contributed by atoms with Crippen molar-refractivity contribution < 1.29 is 9.59 Å². The van der Waals surface area contributed by atoms with Crippen LogP contribution in [0.25, 0.3) is 0 Å². The maximum absolute atomic E-state index is 11.4. The Morgan fingerprint density at radius 3 is 2.25 bits per heavy atom. The predicted octanol–water partition coefficient (Wildman–Crippen LogP) is 1.97. The van der Waals surface area contributed by atoms with E-state index < -0.39 is 0 Å². The predicted molar refractivity (Wildman–Crippen MR) is 63.4 cm³/mol. The topological polar surface area (TPSA) is 49.4 Å². The standard InChI is InChI=1S/C11H19ClN2O2/c1-14(2)11(16)13-9-5-3-8(4-6-9)7-10(12)15/h8-9H,3-7H2,1-2H3,(H,13,16). The van der Waals surface area contributed by atoms with Gasteiger partial charge in [0.05, 0.1) is 0 Å². The summed E-state index contributed by atoms with van der Waals surface area (Å²) in [5.74, 6) is 0.400. The number of rotatable bonds is 3. The van der Waals surface area contributed by atoms with Crippen LogP contribution in [0.4, 0.5) is 4.79 Å². The van der Waals surface area contributed by atoms with Gasteiger partial charge >= 0.3 is 6.03 Å². The van der Waals surface area contributed by atoms with Crippen molar-refractivity contribution in [1.82, 2.24) is 10.2 Å². The van der Waals surface area contributed by atoms with Crippen LogP contribution in [0, 0.1) is 5.92 Å². The van der Waals surface area contributed by atoms with E-state index >= 15 is 0 Å². The molecule has 0 aliphatic heterocycles. The third-order valence-corrected chi connectivity index (χ3v) is 3.18. The molecule has 0 heterocycles. The summed E-state index contributed by atoms with van der Waals surface area (Å²) < 4.78 is 0. The Morgan fingerprint density at radius 2 is 1.81 bits per heavy atom. The van der Waals surface area contributed by atoms with Crippen molar-refractivity contribution in [3.05, 3.63) is 0 Å². The molecule has 1 aliphatic rings. The number of hydrogen-bond donors (Lipinski definition) is 1. The second-order valence-corrected chi connectivity index (χ2v) is 5.04. The molecule has 0 aromatic heterocycles. The monoisotopic (exact) mass is 246 g/mol. The highest BCUT2D eigenvalue weighted by Gasteiger charge is 2.23. The van der Waals surface area contributed by atoms with E-state index in [9.17, 15) is 9.59 Å². The van der Waals surface area contributed by atoms with Crippen LogP contribution in [0.5, 0.6) is 0 Å². The third kappa shape index (κ3) is 4.39.